The van der Waals surface area contributed by atoms with Crippen LogP contribution >= 0.6 is 0 Å². The lowest BCUT2D eigenvalue weighted by Crippen LogP contribution is -2.30. The maximum absolute atomic E-state index is 12.4. The second-order valence-corrected chi connectivity index (χ2v) is 6.27. The zero-order chi connectivity index (χ0) is 15.1. The number of hydrogen-bond donors (Lipinski definition) is 2. The summed E-state index contributed by atoms with van der Waals surface area (Å²) in [5.74, 6) is 0.0880. The number of hydrogen-bond acceptors (Lipinski definition) is 2. The van der Waals surface area contributed by atoms with E-state index >= 15 is 0 Å². The van der Waals surface area contributed by atoms with E-state index in [9.17, 15) is 14.7 Å². The summed E-state index contributed by atoms with van der Waals surface area (Å²) < 4.78 is 1.76. The molecule has 1 saturated carbocycles. The highest BCUT2D eigenvalue weighted by molar-refractivity contribution is 6.00. The summed E-state index contributed by atoms with van der Waals surface area (Å²) >= 11 is 0. The first kappa shape index (κ1) is 13.9. The fourth-order valence-corrected chi connectivity index (χ4v) is 3.69. The second kappa shape index (κ2) is 5.06. The van der Waals surface area contributed by atoms with Gasteiger partial charge in [0.15, 0.2) is 0 Å². The van der Waals surface area contributed by atoms with Crippen molar-refractivity contribution in [2.24, 2.45) is 11.8 Å². The molecule has 1 heterocycles. The van der Waals surface area contributed by atoms with Crippen molar-refractivity contribution in [1.82, 2.24) is 9.55 Å². The second-order valence-electron chi connectivity index (χ2n) is 6.27. The van der Waals surface area contributed by atoms with Crippen molar-refractivity contribution in [3.63, 3.8) is 0 Å². The quantitative estimate of drug-likeness (QED) is 0.892. The first-order valence-electron chi connectivity index (χ1n) is 7.45. The summed E-state index contributed by atoms with van der Waals surface area (Å²) in [6.45, 7) is 4.42. The number of para-hydroxylation sites is 1. The maximum atomic E-state index is 12.4. The number of carboxylic acid groups (broad SMARTS) is 1. The van der Waals surface area contributed by atoms with Crippen LogP contribution in [0.5, 0.6) is 0 Å². The standard InChI is InChI=1S/C16H20N2O3/c1-9-6-7-12(10(2)8-9)18-13-5-3-4-11(15(19)20)14(13)17-16(18)21/h3-5,9-10,12H,6-8H2,1-2H3,(H,17,21)(H,19,20). The lowest BCUT2D eigenvalue weighted by molar-refractivity contribution is 0.0699. The molecule has 2 aromatic rings. The zero-order valence-electron chi connectivity index (χ0n) is 12.3. The van der Waals surface area contributed by atoms with Gasteiger partial charge in [0.1, 0.15) is 0 Å². The van der Waals surface area contributed by atoms with Crippen LogP contribution in [0.4, 0.5) is 0 Å². The van der Waals surface area contributed by atoms with Crippen LogP contribution in [0.15, 0.2) is 23.0 Å². The van der Waals surface area contributed by atoms with Gasteiger partial charge in [-0.25, -0.2) is 9.59 Å². The molecule has 0 amide bonds. The molecule has 0 bridgehead atoms. The van der Waals surface area contributed by atoms with Crippen molar-refractivity contribution in [3.05, 3.63) is 34.2 Å². The average Bonchev–Trinajstić information content (AvgIpc) is 2.74. The Morgan fingerprint density at radius 3 is 2.76 bits per heavy atom. The number of nitrogens with zero attached hydrogens (tertiary/aromatic N) is 1. The number of aromatic nitrogens is 2. The highest BCUT2D eigenvalue weighted by atomic mass is 16.4. The number of rotatable bonds is 2. The van der Waals surface area contributed by atoms with Gasteiger partial charge in [0.2, 0.25) is 0 Å². The Morgan fingerprint density at radius 2 is 2.10 bits per heavy atom. The molecule has 112 valence electrons. The molecule has 1 aliphatic carbocycles. The van der Waals surface area contributed by atoms with E-state index in [4.69, 9.17) is 0 Å². The average molecular weight is 288 g/mol. The predicted octanol–water partition coefficient (Wildman–Crippen LogP) is 3.03. The zero-order valence-corrected chi connectivity index (χ0v) is 12.3. The van der Waals surface area contributed by atoms with Gasteiger partial charge in [-0.05, 0) is 43.2 Å². The molecule has 0 aliphatic heterocycles. The third-order valence-electron chi connectivity index (χ3n) is 4.70. The number of aromatic amines is 1. The van der Waals surface area contributed by atoms with Crippen LogP contribution in [-0.2, 0) is 0 Å². The normalized spacial score (nSPS) is 26.1. The smallest absolute Gasteiger partial charge is 0.337 e. The Balaban J connectivity index is 2.15. The van der Waals surface area contributed by atoms with Crippen molar-refractivity contribution in [3.8, 4) is 0 Å². The van der Waals surface area contributed by atoms with Gasteiger partial charge in [0.05, 0.1) is 16.6 Å². The number of carbonyl (C=O) groups is 1. The molecule has 0 radical (unpaired) electrons. The van der Waals surface area contributed by atoms with Crippen molar-refractivity contribution in [2.75, 3.05) is 0 Å². The van der Waals surface area contributed by atoms with E-state index in [0.29, 0.717) is 22.9 Å². The van der Waals surface area contributed by atoms with Gasteiger partial charge < -0.3 is 10.1 Å². The number of aromatic carboxylic acids is 1. The first-order valence-corrected chi connectivity index (χ1v) is 7.45. The van der Waals surface area contributed by atoms with Crippen LogP contribution in [0, 0.1) is 11.8 Å². The van der Waals surface area contributed by atoms with Crippen LogP contribution in [0.25, 0.3) is 11.0 Å². The minimum atomic E-state index is -1.01. The first-order chi connectivity index (χ1) is 9.99. The molecule has 5 heteroatoms. The Hall–Kier alpha value is -2.04. The van der Waals surface area contributed by atoms with Crippen molar-refractivity contribution in [1.29, 1.82) is 0 Å². The topological polar surface area (TPSA) is 75.1 Å². The molecule has 3 unspecified atom stereocenters. The monoisotopic (exact) mass is 288 g/mol. The summed E-state index contributed by atoms with van der Waals surface area (Å²) in [7, 11) is 0. The third-order valence-corrected chi connectivity index (χ3v) is 4.70. The van der Waals surface area contributed by atoms with E-state index in [1.54, 1.807) is 10.6 Å². The van der Waals surface area contributed by atoms with Crippen molar-refractivity contribution < 1.29 is 9.90 Å². The molecule has 0 saturated heterocycles. The van der Waals surface area contributed by atoms with Crippen molar-refractivity contribution >= 4 is 17.0 Å². The molecule has 2 N–H and O–H groups in total. The molecule has 5 nitrogen and oxygen atoms in total. The van der Waals surface area contributed by atoms with E-state index in [-0.39, 0.29) is 17.3 Å². The van der Waals surface area contributed by atoms with Gasteiger partial charge in [0.25, 0.3) is 0 Å². The molecule has 21 heavy (non-hydrogen) atoms. The largest absolute Gasteiger partial charge is 0.478 e. The fraction of sp³-hybridized carbons (Fsp3) is 0.500. The van der Waals surface area contributed by atoms with Crippen LogP contribution in [0.1, 0.15) is 49.5 Å². The number of carboxylic acids is 1. The van der Waals surface area contributed by atoms with Crippen LogP contribution in [0.2, 0.25) is 0 Å². The van der Waals surface area contributed by atoms with Gasteiger partial charge in [-0.2, -0.15) is 0 Å². The van der Waals surface area contributed by atoms with Gasteiger partial charge in [0, 0.05) is 6.04 Å². The maximum Gasteiger partial charge on any atom is 0.337 e. The van der Waals surface area contributed by atoms with E-state index in [0.717, 1.165) is 19.3 Å². The van der Waals surface area contributed by atoms with Crippen LogP contribution < -0.4 is 5.69 Å². The molecule has 1 aromatic heterocycles. The Labute approximate surface area is 122 Å². The van der Waals surface area contributed by atoms with Crippen LogP contribution in [0.3, 0.4) is 0 Å². The SMILES string of the molecule is CC1CCC(n2c(=O)[nH]c3c(C(=O)O)cccc32)C(C)C1. The lowest BCUT2D eigenvalue weighted by atomic mass is 9.79. The highest BCUT2D eigenvalue weighted by Gasteiger charge is 2.29. The number of fused-ring (bicyclic) bond motifs is 1. The Bertz CT molecular complexity index is 744. The molecule has 1 aromatic carbocycles. The van der Waals surface area contributed by atoms with E-state index in [1.807, 2.05) is 6.07 Å². The molecule has 1 fully saturated rings. The highest BCUT2D eigenvalue weighted by Crippen LogP contribution is 2.37. The molecular formula is C16H20N2O3. The van der Waals surface area contributed by atoms with Crippen molar-refractivity contribution in [2.45, 2.75) is 39.2 Å². The minimum Gasteiger partial charge on any atom is -0.478 e. The number of nitrogens with one attached hydrogen (secondary N) is 1. The van der Waals surface area contributed by atoms with E-state index < -0.39 is 5.97 Å². The number of H-pyrrole nitrogens is 1. The molecular weight excluding hydrogens is 268 g/mol. The third kappa shape index (κ3) is 2.26. The minimum absolute atomic E-state index is 0.145. The number of benzene rings is 1. The molecule has 3 rings (SSSR count). The molecule has 3 atom stereocenters. The summed E-state index contributed by atoms with van der Waals surface area (Å²) in [5, 5.41) is 9.25. The fourth-order valence-electron chi connectivity index (χ4n) is 3.69. The van der Waals surface area contributed by atoms with Crippen LogP contribution in [-0.4, -0.2) is 20.6 Å². The van der Waals surface area contributed by atoms with Gasteiger partial charge in [-0.15, -0.1) is 0 Å². The predicted molar refractivity (Wildman–Crippen MR) is 80.7 cm³/mol. The van der Waals surface area contributed by atoms with E-state index in [1.165, 1.54) is 6.07 Å². The number of imidazole rings is 1. The Kier molecular flexibility index (Phi) is 3.35. The molecule has 1 aliphatic rings. The van der Waals surface area contributed by atoms with Gasteiger partial charge >= 0.3 is 11.7 Å². The Morgan fingerprint density at radius 1 is 1.33 bits per heavy atom. The summed E-state index contributed by atoms with van der Waals surface area (Å²) in [4.78, 5) is 26.4. The summed E-state index contributed by atoms with van der Waals surface area (Å²) in [6.07, 6.45) is 3.17. The van der Waals surface area contributed by atoms with E-state index in [2.05, 4.69) is 18.8 Å². The summed E-state index contributed by atoms with van der Waals surface area (Å²) in [6, 6.07) is 5.19. The summed E-state index contributed by atoms with van der Waals surface area (Å²) in [5.41, 5.74) is 1.08. The lowest BCUT2D eigenvalue weighted by Gasteiger charge is -2.33. The van der Waals surface area contributed by atoms with Gasteiger partial charge in [-0.3, -0.25) is 4.57 Å². The van der Waals surface area contributed by atoms with Gasteiger partial charge in [-0.1, -0.05) is 19.9 Å². The molecule has 0 spiro atoms.